The number of anilines is 1. The van der Waals surface area contributed by atoms with Gasteiger partial charge in [0.05, 0.1) is 0 Å². The van der Waals surface area contributed by atoms with Gasteiger partial charge in [0.25, 0.3) is 0 Å². The molecule has 0 bridgehead atoms. The summed E-state index contributed by atoms with van der Waals surface area (Å²) < 4.78 is 0. The fourth-order valence-electron chi connectivity index (χ4n) is 0.829. The molecule has 0 spiro atoms. The van der Waals surface area contributed by atoms with Gasteiger partial charge in [-0.2, -0.15) is 0 Å². The zero-order chi connectivity index (χ0) is 10.6. The number of amides is 1. The molecule has 1 amide bonds. The minimum Gasteiger partial charge on any atom is -0.307 e. The van der Waals surface area contributed by atoms with Gasteiger partial charge in [0.1, 0.15) is 5.82 Å². The number of aromatic nitrogens is 2. The molecule has 1 aromatic rings. The molecule has 74 valence electrons. The van der Waals surface area contributed by atoms with Crippen molar-refractivity contribution in [3.05, 3.63) is 29.2 Å². The molecule has 0 radical (unpaired) electrons. The van der Waals surface area contributed by atoms with Gasteiger partial charge in [0, 0.05) is 12.3 Å². The Morgan fingerprint density at radius 1 is 1.57 bits per heavy atom. The number of carbonyl (C=O) groups is 1. The monoisotopic (exact) mass is 211 g/mol. The number of rotatable bonds is 2. The standard InChI is InChI=1S/C9H10ClN3O/c1-6(2)5-8(14)12-7-3-4-11-9(10)13-7/h3-5H,1-2H3,(H,11,12,13,14). The Morgan fingerprint density at radius 2 is 2.29 bits per heavy atom. The van der Waals surface area contributed by atoms with Crippen LogP contribution in [-0.2, 0) is 4.79 Å². The molecule has 1 N–H and O–H groups in total. The van der Waals surface area contributed by atoms with Crippen molar-refractivity contribution in [1.29, 1.82) is 0 Å². The lowest BCUT2D eigenvalue weighted by atomic mass is 10.3. The van der Waals surface area contributed by atoms with E-state index in [1.54, 1.807) is 6.07 Å². The average molecular weight is 212 g/mol. The molecule has 0 aliphatic heterocycles. The summed E-state index contributed by atoms with van der Waals surface area (Å²) in [5.41, 5.74) is 0.919. The van der Waals surface area contributed by atoms with E-state index in [0.717, 1.165) is 5.57 Å². The first-order chi connectivity index (χ1) is 6.58. The first-order valence-electron chi connectivity index (χ1n) is 4.02. The van der Waals surface area contributed by atoms with Crippen LogP contribution >= 0.6 is 11.6 Å². The van der Waals surface area contributed by atoms with Gasteiger partial charge in [-0.15, -0.1) is 0 Å². The van der Waals surface area contributed by atoms with E-state index < -0.39 is 0 Å². The van der Waals surface area contributed by atoms with Crippen LogP contribution in [0.25, 0.3) is 0 Å². The summed E-state index contributed by atoms with van der Waals surface area (Å²) in [6.07, 6.45) is 2.96. The number of hydrogen-bond donors (Lipinski definition) is 1. The Morgan fingerprint density at radius 3 is 2.86 bits per heavy atom. The normalized spacial score (nSPS) is 9.36. The van der Waals surface area contributed by atoms with Gasteiger partial charge < -0.3 is 5.32 Å². The van der Waals surface area contributed by atoms with Crippen LogP contribution < -0.4 is 5.32 Å². The van der Waals surface area contributed by atoms with E-state index in [1.165, 1.54) is 12.3 Å². The average Bonchev–Trinajstić information content (AvgIpc) is 2.01. The van der Waals surface area contributed by atoms with Crippen LogP contribution in [0.15, 0.2) is 23.9 Å². The number of hydrogen-bond acceptors (Lipinski definition) is 3. The van der Waals surface area contributed by atoms with Gasteiger partial charge in [-0.1, -0.05) is 5.57 Å². The van der Waals surface area contributed by atoms with Crippen molar-refractivity contribution < 1.29 is 4.79 Å². The van der Waals surface area contributed by atoms with Crippen LogP contribution in [-0.4, -0.2) is 15.9 Å². The molecule has 0 aliphatic carbocycles. The van der Waals surface area contributed by atoms with Crippen molar-refractivity contribution in [3.63, 3.8) is 0 Å². The van der Waals surface area contributed by atoms with Crippen LogP contribution in [0.2, 0.25) is 5.28 Å². The minimum absolute atomic E-state index is 0.111. The summed E-state index contributed by atoms with van der Waals surface area (Å²) in [5.74, 6) is 0.173. The maximum absolute atomic E-state index is 11.2. The fraction of sp³-hybridized carbons (Fsp3) is 0.222. The SMILES string of the molecule is CC(C)=CC(=O)Nc1ccnc(Cl)n1. The zero-order valence-corrected chi connectivity index (χ0v) is 8.67. The molecule has 14 heavy (non-hydrogen) atoms. The predicted octanol–water partition coefficient (Wildman–Crippen LogP) is 2.03. The van der Waals surface area contributed by atoms with Gasteiger partial charge in [-0.25, -0.2) is 9.97 Å². The highest BCUT2D eigenvalue weighted by atomic mass is 35.5. The molecule has 0 aromatic carbocycles. The minimum atomic E-state index is -0.222. The Hall–Kier alpha value is -1.42. The van der Waals surface area contributed by atoms with Gasteiger partial charge in [0.2, 0.25) is 11.2 Å². The number of allylic oxidation sites excluding steroid dienone is 1. The van der Waals surface area contributed by atoms with Crippen molar-refractivity contribution in [3.8, 4) is 0 Å². The molecule has 1 rings (SSSR count). The lowest BCUT2D eigenvalue weighted by molar-refractivity contribution is -0.112. The maximum atomic E-state index is 11.2. The number of halogens is 1. The van der Waals surface area contributed by atoms with Crippen molar-refractivity contribution in [2.75, 3.05) is 5.32 Å². The van der Waals surface area contributed by atoms with Crippen LogP contribution in [0.5, 0.6) is 0 Å². The molecule has 4 nitrogen and oxygen atoms in total. The Balaban J connectivity index is 2.70. The third kappa shape index (κ3) is 3.53. The van der Waals surface area contributed by atoms with Gasteiger partial charge in [-0.3, -0.25) is 4.79 Å². The predicted molar refractivity (Wildman–Crippen MR) is 55.1 cm³/mol. The molecule has 0 saturated heterocycles. The van der Waals surface area contributed by atoms with Crippen molar-refractivity contribution in [1.82, 2.24) is 9.97 Å². The van der Waals surface area contributed by atoms with Crippen LogP contribution in [0.4, 0.5) is 5.82 Å². The largest absolute Gasteiger partial charge is 0.307 e. The third-order valence-electron chi connectivity index (χ3n) is 1.30. The summed E-state index contributed by atoms with van der Waals surface area (Å²) in [6.45, 7) is 3.68. The lowest BCUT2D eigenvalue weighted by Gasteiger charge is -2.00. The van der Waals surface area contributed by atoms with Gasteiger partial charge >= 0.3 is 0 Å². The van der Waals surface area contributed by atoms with E-state index in [0.29, 0.717) is 5.82 Å². The molecule has 0 atom stereocenters. The first-order valence-corrected chi connectivity index (χ1v) is 4.40. The van der Waals surface area contributed by atoms with Gasteiger partial charge in [-0.05, 0) is 31.5 Å². The second-order valence-electron chi connectivity index (χ2n) is 2.92. The molecule has 1 heterocycles. The van der Waals surface area contributed by atoms with E-state index >= 15 is 0 Å². The van der Waals surface area contributed by atoms with Crippen LogP contribution in [0.3, 0.4) is 0 Å². The third-order valence-corrected chi connectivity index (χ3v) is 1.48. The smallest absolute Gasteiger partial charge is 0.249 e. The fourth-order valence-corrected chi connectivity index (χ4v) is 0.976. The number of carbonyl (C=O) groups excluding carboxylic acids is 1. The van der Waals surface area contributed by atoms with E-state index in [9.17, 15) is 4.79 Å². The summed E-state index contributed by atoms with van der Waals surface area (Å²) in [5, 5.41) is 2.67. The van der Waals surface area contributed by atoms with Gasteiger partial charge in [0.15, 0.2) is 0 Å². The Labute approximate surface area is 87.0 Å². The quantitative estimate of drug-likeness (QED) is 0.602. The number of nitrogens with zero attached hydrogens (tertiary/aromatic N) is 2. The Bertz CT molecular complexity index is 372. The van der Waals surface area contributed by atoms with E-state index in [-0.39, 0.29) is 11.2 Å². The van der Waals surface area contributed by atoms with Crippen molar-refractivity contribution >= 4 is 23.3 Å². The molecule has 0 saturated carbocycles. The highest BCUT2D eigenvalue weighted by molar-refractivity contribution is 6.28. The second-order valence-corrected chi connectivity index (χ2v) is 3.26. The Kier molecular flexibility index (Phi) is 3.59. The summed E-state index contributed by atoms with van der Waals surface area (Å²) in [4.78, 5) is 18.8. The summed E-state index contributed by atoms with van der Waals surface area (Å²) in [7, 11) is 0. The molecule has 0 aliphatic rings. The molecule has 0 fully saturated rings. The van der Waals surface area contributed by atoms with E-state index in [4.69, 9.17) is 11.6 Å². The van der Waals surface area contributed by atoms with E-state index in [1.807, 2.05) is 13.8 Å². The van der Waals surface area contributed by atoms with Crippen molar-refractivity contribution in [2.24, 2.45) is 0 Å². The summed E-state index contributed by atoms with van der Waals surface area (Å²) in [6, 6.07) is 1.57. The summed E-state index contributed by atoms with van der Waals surface area (Å²) >= 11 is 5.55. The van der Waals surface area contributed by atoms with Crippen LogP contribution in [0, 0.1) is 0 Å². The molecule has 5 heteroatoms. The molecular weight excluding hydrogens is 202 g/mol. The molecule has 0 unspecified atom stereocenters. The highest BCUT2D eigenvalue weighted by Gasteiger charge is 2.00. The van der Waals surface area contributed by atoms with E-state index in [2.05, 4.69) is 15.3 Å². The molecule has 1 aromatic heterocycles. The van der Waals surface area contributed by atoms with Crippen LogP contribution in [0.1, 0.15) is 13.8 Å². The topological polar surface area (TPSA) is 54.9 Å². The second kappa shape index (κ2) is 4.72. The number of nitrogens with one attached hydrogen (secondary N) is 1. The molecular formula is C9H10ClN3O. The first kappa shape index (κ1) is 10.7. The van der Waals surface area contributed by atoms with Crippen molar-refractivity contribution in [2.45, 2.75) is 13.8 Å². The maximum Gasteiger partial charge on any atom is 0.249 e. The lowest BCUT2D eigenvalue weighted by Crippen LogP contribution is -2.09. The highest BCUT2D eigenvalue weighted by Crippen LogP contribution is 2.05. The zero-order valence-electron chi connectivity index (χ0n) is 7.91.